The van der Waals surface area contributed by atoms with Crippen LogP contribution in [0.3, 0.4) is 0 Å². The molecule has 0 heterocycles. The van der Waals surface area contributed by atoms with Crippen molar-refractivity contribution in [1.82, 2.24) is 4.90 Å². The van der Waals surface area contributed by atoms with E-state index in [0.29, 0.717) is 19.5 Å². The normalized spacial score (nSPS) is 21.2. The Bertz CT molecular complexity index is 499. The third-order valence-electron chi connectivity index (χ3n) is 3.84. The fraction of sp³-hybridized carbons (Fsp3) is 0.533. The van der Waals surface area contributed by atoms with Crippen LogP contribution in [-0.4, -0.2) is 35.6 Å². The summed E-state index contributed by atoms with van der Waals surface area (Å²) in [6.07, 6.45) is -3.68. The maximum Gasteiger partial charge on any atom is 0.416 e. The van der Waals surface area contributed by atoms with Crippen LogP contribution < -0.4 is 0 Å². The molecule has 3 nitrogen and oxygen atoms in total. The number of hydrogen-bond acceptors (Lipinski definition) is 2. The van der Waals surface area contributed by atoms with Gasteiger partial charge in [-0.1, -0.05) is 12.1 Å². The smallest absolute Gasteiger partial charge is 0.395 e. The van der Waals surface area contributed by atoms with E-state index in [9.17, 15) is 18.0 Å². The minimum atomic E-state index is -4.34. The third-order valence-corrected chi connectivity index (χ3v) is 3.84. The van der Waals surface area contributed by atoms with E-state index < -0.39 is 11.7 Å². The average molecular weight is 301 g/mol. The van der Waals surface area contributed by atoms with E-state index in [1.165, 1.54) is 12.1 Å². The topological polar surface area (TPSA) is 40.5 Å². The first kappa shape index (κ1) is 15.8. The number of aliphatic hydroxyl groups excluding tert-OH is 1. The Morgan fingerprint density at radius 1 is 1.33 bits per heavy atom. The van der Waals surface area contributed by atoms with Gasteiger partial charge in [0.15, 0.2) is 0 Å². The van der Waals surface area contributed by atoms with Crippen molar-refractivity contribution in [1.29, 1.82) is 0 Å². The summed E-state index contributed by atoms with van der Waals surface area (Å²) in [6.45, 7) is 2.57. The molecule has 1 aromatic rings. The highest BCUT2D eigenvalue weighted by Gasteiger charge is 2.45. The second-order valence-electron chi connectivity index (χ2n) is 5.21. The van der Waals surface area contributed by atoms with Crippen LogP contribution in [0, 0.1) is 5.92 Å². The van der Waals surface area contributed by atoms with E-state index in [-0.39, 0.29) is 24.3 Å². The van der Waals surface area contributed by atoms with Gasteiger partial charge in [0.05, 0.1) is 12.2 Å². The van der Waals surface area contributed by atoms with Crippen LogP contribution in [0.15, 0.2) is 24.3 Å². The molecule has 1 aliphatic carbocycles. The van der Waals surface area contributed by atoms with Gasteiger partial charge in [-0.3, -0.25) is 4.79 Å². The second kappa shape index (κ2) is 6.05. The van der Waals surface area contributed by atoms with Gasteiger partial charge in [0.1, 0.15) is 0 Å². The number of halogens is 3. The van der Waals surface area contributed by atoms with Crippen molar-refractivity contribution in [3.05, 3.63) is 35.4 Å². The molecule has 116 valence electrons. The first-order valence-corrected chi connectivity index (χ1v) is 6.95. The Labute approximate surface area is 121 Å². The molecule has 0 saturated heterocycles. The maximum atomic E-state index is 12.5. The molecule has 21 heavy (non-hydrogen) atoms. The van der Waals surface area contributed by atoms with Crippen LogP contribution in [-0.2, 0) is 11.0 Å². The van der Waals surface area contributed by atoms with Crippen LogP contribution in [0.5, 0.6) is 0 Å². The summed E-state index contributed by atoms with van der Waals surface area (Å²) in [7, 11) is 0. The molecule has 0 spiro atoms. The van der Waals surface area contributed by atoms with E-state index >= 15 is 0 Å². The quantitative estimate of drug-likeness (QED) is 0.908. The zero-order valence-electron chi connectivity index (χ0n) is 11.7. The summed E-state index contributed by atoms with van der Waals surface area (Å²) in [5.41, 5.74) is 0.0895. The van der Waals surface area contributed by atoms with Crippen LogP contribution in [0.4, 0.5) is 13.2 Å². The number of benzene rings is 1. The Kier molecular flexibility index (Phi) is 4.56. The lowest BCUT2D eigenvalue weighted by molar-refractivity contribution is -0.137. The first-order chi connectivity index (χ1) is 9.88. The summed E-state index contributed by atoms with van der Waals surface area (Å²) in [5.74, 6) is -0.211. The van der Waals surface area contributed by atoms with Crippen LogP contribution in [0.2, 0.25) is 0 Å². The van der Waals surface area contributed by atoms with Gasteiger partial charge < -0.3 is 10.0 Å². The monoisotopic (exact) mass is 301 g/mol. The zero-order chi connectivity index (χ0) is 15.6. The number of hydrogen-bond donors (Lipinski definition) is 1. The molecule has 1 saturated carbocycles. The zero-order valence-corrected chi connectivity index (χ0v) is 11.7. The lowest BCUT2D eigenvalue weighted by Crippen LogP contribution is -2.34. The van der Waals surface area contributed by atoms with Crippen molar-refractivity contribution in [2.24, 2.45) is 5.92 Å². The van der Waals surface area contributed by atoms with Crippen LogP contribution in [0.1, 0.15) is 30.4 Å². The molecule has 0 bridgehead atoms. The van der Waals surface area contributed by atoms with Gasteiger partial charge in [0.2, 0.25) is 5.91 Å². The van der Waals surface area contributed by atoms with Gasteiger partial charge in [-0.05, 0) is 37.0 Å². The maximum absolute atomic E-state index is 12.5. The van der Waals surface area contributed by atoms with E-state index in [0.717, 1.165) is 17.7 Å². The molecule has 1 amide bonds. The Morgan fingerprint density at radius 3 is 2.43 bits per heavy atom. The van der Waals surface area contributed by atoms with Gasteiger partial charge >= 0.3 is 6.18 Å². The van der Waals surface area contributed by atoms with Crippen molar-refractivity contribution < 1.29 is 23.1 Å². The Morgan fingerprint density at radius 2 is 1.95 bits per heavy atom. The van der Waals surface area contributed by atoms with Crippen LogP contribution in [0.25, 0.3) is 0 Å². The lowest BCUT2D eigenvalue weighted by Gasteiger charge is -2.19. The highest BCUT2D eigenvalue weighted by Crippen LogP contribution is 2.48. The fourth-order valence-corrected chi connectivity index (χ4v) is 2.53. The van der Waals surface area contributed by atoms with E-state index in [1.54, 1.807) is 4.90 Å². The molecule has 2 unspecified atom stereocenters. The van der Waals surface area contributed by atoms with E-state index in [1.807, 2.05) is 6.92 Å². The van der Waals surface area contributed by atoms with Crippen molar-refractivity contribution >= 4 is 5.91 Å². The SMILES string of the molecule is CCN(CCO)C(=O)C1CC1c1ccc(C(F)(F)F)cc1. The number of likely N-dealkylation sites (N-methyl/N-ethyl adjacent to an activating group) is 1. The largest absolute Gasteiger partial charge is 0.416 e. The molecule has 1 fully saturated rings. The van der Waals surface area contributed by atoms with Gasteiger partial charge in [0.25, 0.3) is 0 Å². The average Bonchev–Trinajstić information content (AvgIpc) is 3.23. The molecule has 0 radical (unpaired) electrons. The molecule has 2 rings (SSSR count). The fourth-order valence-electron chi connectivity index (χ4n) is 2.53. The molecule has 2 atom stereocenters. The van der Waals surface area contributed by atoms with Gasteiger partial charge in [-0.2, -0.15) is 13.2 Å². The van der Waals surface area contributed by atoms with Gasteiger partial charge in [0, 0.05) is 19.0 Å². The number of aliphatic hydroxyl groups is 1. The highest BCUT2D eigenvalue weighted by molar-refractivity contribution is 5.83. The number of alkyl halides is 3. The first-order valence-electron chi connectivity index (χ1n) is 6.95. The molecule has 1 aromatic carbocycles. The molecule has 0 aliphatic heterocycles. The van der Waals surface area contributed by atoms with E-state index in [4.69, 9.17) is 5.11 Å². The summed E-state index contributed by atoms with van der Waals surface area (Å²) >= 11 is 0. The summed E-state index contributed by atoms with van der Waals surface area (Å²) in [4.78, 5) is 13.7. The number of rotatable bonds is 5. The van der Waals surface area contributed by atoms with Crippen molar-refractivity contribution in [2.75, 3.05) is 19.7 Å². The number of carbonyl (C=O) groups is 1. The summed E-state index contributed by atoms with van der Waals surface area (Å²) < 4.78 is 37.5. The minimum absolute atomic E-state index is 0.00692. The van der Waals surface area contributed by atoms with Gasteiger partial charge in [-0.25, -0.2) is 0 Å². The molecular weight excluding hydrogens is 283 g/mol. The summed E-state index contributed by atoms with van der Waals surface area (Å²) in [5, 5.41) is 8.91. The Balaban J connectivity index is 2.01. The standard InChI is InChI=1S/C15H18F3NO2/c1-2-19(7-8-20)14(21)13-9-12(13)10-3-5-11(6-4-10)15(16,17)18/h3-6,12-13,20H,2,7-9H2,1H3. The van der Waals surface area contributed by atoms with Crippen molar-refractivity contribution in [3.8, 4) is 0 Å². The predicted octanol–water partition coefficient (Wildman–Crippen LogP) is 2.65. The predicted molar refractivity (Wildman–Crippen MR) is 71.6 cm³/mol. The molecule has 1 N–H and O–H groups in total. The summed E-state index contributed by atoms with van der Waals surface area (Å²) in [6, 6.07) is 5.01. The lowest BCUT2D eigenvalue weighted by atomic mass is 10.1. The molecule has 6 heteroatoms. The number of carbonyl (C=O) groups excluding carboxylic acids is 1. The van der Waals surface area contributed by atoms with Gasteiger partial charge in [-0.15, -0.1) is 0 Å². The van der Waals surface area contributed by atoms with E-state index in [2.05, 4.69) is 0 Å². The number of nitrogens with zero attached hydrogens (tertiary/aromatic N) is 1. The van der Waals surface area contributed by atoms with Crippen molar-refractivity contribution in [2.45, 2.75) is 25.4 Å². The number of amides is 1. The van der Waals surface area contributed by atoms with Crippen molar-refractivity contribution in [3.63, 3.8) is 0 Å². The third kappa shape index (κ3) is 3.56. The molecule has 1 aliphatic rings. The molecular formula is C15H18F3NO2. The second-order valence-corrected chi connectivity index (χ2v) is 5.21. The minimum Gasteiger partial charge on any atom is -0.395 e. The molecule has 0 aromatic heterocycles. The van der Waals surface area contributed by atoms with Crippen LogP contribution >= 0.6 is 0 Å². The highest BCUT2D eigenvalue weighted by atomic mass is 19.4. The Hall–Kier alpha value is -1.56.